The highest BCUT2D eigenvalue weighted by Crippen LogP contribution is 2.21. The number of ether oxygens (including phenoxy) is 1. The monoisotopic (exact) mass is 322 g/mol. The van der Waals surface area contributed by atoms with Crippen molar-refractivity contribution in [3.63, 3.8) is 0 Å². The number of aromatic nitrogens is 3. The van der Waals surface area contributed by atoms with Crippen LogP contribution in [0.15, 0.2) is 29.4 Å². The van der Waals surface area contributed by atoms with Gasteiger partial charge in [-0.05, 0) is 17.7 Å². The van der Waals surface area contributed by atoms with E-state index in [0.717, 1.165) is 55.1 Å². The van der Waals surface area contributed by atoms with Gasteiger partial charge in [0.05, 0.1) is 19.8 Å². The van der Waals surface area contributed by atoms with Crippen LogP contribution in [0.3, 0.4) is 0 Å². The first-order valence-electron chi connectivity index (χ1n) is 7.28. The van der Waals surface area contributed by atoms with Crippen LogP contribution >= 0.6 is 11.8 Å². The fourth-order valence-electron chi connectivity index (χ4n) is 2.30. The Balaban J connectivity index is 1.59. The van der Waals surface area contributed by atoms with Crippen LogP contribution in [0.25, 0.3) is 0 Å². The van der Waals surface area contributed by atoms with E-state index >= 15 is 0 Å². The van der Waals surface area contributed by atoms with Crippen molar-refractivity contribution in [2.75, 3.05) is 26.3 Å². The van der Waals surface area contributed by atoms with Gasteiger partial charge < -0.3 is 9.30 Å². The van der Waals surface area contributed by atoms with Gasteiger partial charge in [0.1, 0.15) is 11.6 Å². The quantitative estimate of drug-likeness (QED) is 0.789. The molecular weight excluding hydrogens is 303 g/mol. The molecule has 5 nitrogen and oxygen atoms in total. The number of benzene rings is 1. The third-order valence-electron chi connectivity index (χ3n) is 3.68. The van der Waals surface area contributed by atoms with Gasteiger partial charge in [0.2, 0.25) is 0 Å². The van der Waals surface area contributed by atoms with Gasteiger partial charge in [-0.1, -0.05) is 23.9 Å². The first kappa shape index (κ1) is 15.5. The van der Waals surface area contributed by atoms with Gasteiger partial charge in [0.25, 0.3) is 0 Å². The van der Waals surface area contributed by atoms with E-state index in [1.165, 1.54) is 12.1 Å². The molecule has 0 saturated carbocycles. The molecule has 1 aliphatic heterocycles. The van der Waals surface area contributed by atoms with Crippen molar-refractivity contribution >= 4 is 11.8 Å². The molecule has 0 unspecified atom stereocenters. The molecule has 118 valence electrons. The Labute approximate surface area is 133 Å². The summed E-state index contributed by atoms with van der Waals surface area (Å²) in [5.74, 6) is 1.51. The normalized spacial score (nSPS) is 16.1. The van der Waals surface area contributed by atoms with Crippen LogP contribution < -0.4 is 0 Å². The van der Waals surface area contributed by atoms with Gasteiger partial charge in [-0.3, -0.25) is 4.90 Å². The van der Waals surface area contributed by atoms with Crippen LogP contribution in [-0.4, -0.2) is 46.0 Å². The van der Waals surface area contributed by atoms with Crippen LogP contribution in [0, 0.1) is 5.82 Å². The summed E-state index contributed by atoms with van der Waals surface area (Å²) in [6.07, 6.45) is 0. The second-order valence-corrected chi connectivity index (χ2v) is 6.20. The number of hydrogen-bond acceptors (Lipinski definition) is 5. The maximum atomic E-state index is 12.9. The first-order chi connectivity index (χ1) is 10.7. The van der Waals surface area contributed by atoms with Crippen molar-refractivity contribution in [3.8, 4) is 0 Å². The Hall–Kier alpha value is -1.44. The molecule has 1 aromatic carbocycles. The highest BCUT2D eigenvalue weighted by Gasteiger charge is 2.15. The zero-order chi connectivity index (χ0) is 15.4. The molecule has 2 aromatic rings. The van der Waals surface area contributed by atoms with Gasteiger partial charge in [0.15, 0.2) is 5.16 Å². The predicted octanol–water partition coefficient (Wildman–Crippen LogP) is 2.08. The van der Waals surface area contributed by atoms with Crippen LogP contribution in [0.5, 0.6) is 0 Å². The fraction of sp³-hybridized carbons (Fsp3) is 0.467. The lowest BCUT2D eigenvalue weighted by molar-refractivity contribution is 0.0326. The Bertz CT molecular complexity index is 611. The highest BCUT2D eigenvalue weighted by molar-refractivity contribution is 7.98. The number of thioether (sulfide) groups is 1. The van der Waals surface area contributed by atoms with Gasteiger partial charge in [-0.25, -0.2) is 4.39 Å². The molecule has 1 fully saturated rings. The van der Waals surface area contributed by atoms with E-state index in [1.807, 2.05) is 11.6 Å². The summed E-state index contributed by atoms with van der Waals surface area (Å²) in [6.45, 7) is 4.23. The van der Waals surface area contributed by atoms with Crippen LogP contribution in [-0.2, 0) is 24.1 Å². The molecule has 0 N–H and O–H groups in total. The predicted molar refractivity (Wildman–Crippen MR) is 83.1 cm³/mol. The second-order valence-electron chi connectivity index (χ2n) is 5.26. The van der Waals surface area contributed by atoms with Crippen molar-refractivity contribution in [2.45, 2.75) is 17.5 Å². The Morgan fingerprint density at radius 3 is 2.64 bits per heavy atom. The van der Waals surface area contributed by atoms with Crippen molar-refractivity contribution in [3.05, 3.63) is 41.5 Å². The first-order valence-corrected chi connectivity index (χ1v) is 8.26. The summed E-state index contributed by atoms with van der Waals surface area (Å²) in [7, 11) is 1.99. The fourth-order valence-corrected chi connectivity index (χ4v) is 3.18. The molecule has 2 heterocycles. The molecule has 3 rings (SSSR count). The molecule has 0 aliphatic carbocycles. The molecular formula is C15H19FN4OS. The molecule has 22 heavy (non-hydrogen) atoms. The zero-order valence-electron chi connectivity index (χ0n) is 12.5. The average Bonchev–Trinajstić information content (AvgIpc) is 2.88. The molecule has 0 atom stereocenters. The maximum absolute atomic E-state index is 12.9. The van der Waals surface area contributed by atoms with Crippen molar-refractivity contribution in [1.29, 1.82) is 0 Å². The Kier molecular flexibility index (Phi) is 5.07. The number of rotatable bonds is 5. The maximum Gasteiger partial charge on any atom is 0.191 e. The topological polar surface area (TPSA) is 43.2 Å². The number of nitrogens with zero attached hydrogens (tertiary/aromatic N) is 4. The average molecular weight is 322 g/mol. The third-order valence-corrected chi connectivity index (χ3v) is 4.77. The van der Waals surface area contributed by atoms with Gasteiger partial charge >= 0.3 is 0 Å². The van der Waals surface area contributed by atoms with Crippen molar-refractivity contribution in [2.24, 2.45) is 7.05 Å². The van der Waals surface area contributed by atoms with E-state index in [2.05, 4.69) is 15.1 Å². The van der Waals surface area contributed by atoms with Gasteiger partial charge in [0, 0.05) is 25.9 Å². The van der Waals surface area contributed by atoms with Crippen molar-refractivity contribution < 1.29 is 9.13 Å². The van der Waals surface area contributed by atoms with Gasteiger partial charge in [-0.15, -0.1) is 10.2 Å². The lowest BCUT2D eigenvalue weighted by atomic mass is 10.2. The molecule has 0 bridgehead atoms. The van der Waals surface area contributed by atoms with E-state index in [0.29, 0.717) is 0 Å². The lowest BCUT2D eigenvalue weighted by Gasteiger charge is -2.25. The standard InChI is InChI=1S/C15H19FN4OS/c1-19-14(10-20-6-8-21-9-7-20)17-18-15(19)22-11-12-2-4-13(16)5-3-12/h2-5H,6-11H2,1H3. The minimum absolute atomic E-state index is 0.208. The molecule has 0 spiro atoms. The van der Waals surface area contributed by atoms with Crippen molar-refractivity contribution in [1.82, 2.24) is 19.7 Å². The minimum atomic E-state index is -0.208. The molecule has 1 saturated heterocycles. The molecule has 0 amide bonds. The Morgan fingerprint density at radius 2 is 1.91 bits per heavy atom. The van der Waals surface area contributed by atoms with Crippen LogP contribution in [0.4, 0.5) is 4.39 Å². The third kappa shape index (κ3) is 3.85. The van der Waals surface area contributed by atoms with E-state index in [4.69, 9.17) is 4.74 Å². The summed E-state index contributed by atoms with van der Waals surface area (Å²) in [5.41, 5.74) is 1.07. The van der Waals surface area contributed by atoms with Crippen LogP contribution in [0.1, 0.15) is 11.4 Å². The Morgan fingerprint density at radius 1 is 1.18 bits per heavy atom. The van der Waals surface area contributed by atoms with E-state index in [1.54, 1.807) is 23.9 Å². The summed E-state index contributed by atoms with van der Waals surface area (Å²) < 4.78 is 20.3. The minimum Gasteiger partial charge on any atom is -0.379 e. The SMILES string of the molecule is Cn1c(CN2CCOCC2)nnc1SCc1ccc(F)cc1. The van der Waals surface area contributed by atoms with E-state index in [9.17, 15) is 4.39 Å². The van der Waals surface area contributed by atoms with Crippen LogP contribution in [0.2, 0.25) is 0 Å². The smallest absolute Gasteiger partial charge is 0.191 e. The molecule has 1 aliphatic rings. The van der Waals surface area contributed by atoms with E-state index in [-0.39, 0.29) is 5.82 Å². The largest absolute Gasteiger partial charge is 0.379 e. The number of morpholine rings is 1. The lowest BCUT2D eigenvalue weighted by Crippen LogP contribution is -2.36. The van der Waals surface area contributed by atoms with Gasteiger partial charge in [-0.2, -0.15) is 0 Å². The summed E-state index contributed by atoms with van der Waals surface area (Å²) in [4.78, 5) is 2.32. The molecule has 1 aromatic heterocycles. The summed E-state index contributed by atoms with van der Waals surface area (Å²) in [5, 5.41) is 9.43. The second kappa shape index (κ2) is 7.21. The summed E-state index contributed by atoms with van der Waals surface area (Å²) >= 11 is 1.61. The summed E-state index contributed by atoms with van der Waals surface area (Å²) in [6, 6.07) is 6.56. The number of hydrogen-bond donors (Lipinski definition) is 0. The number of halogens is 1. The van der Waals surface area contributed by atoms with E-state index < -0.39 is 0 Å². The molecule has 7 heteroatoms. The molecule has 0 radical (unpaired) electrons. The highest BCUT2D eigenvalue weighted by atomic mass is 32.2. The zero-order valence-corrected chi connectivity index (χ0v) is 13.4.